The molecule has 0 bridgehead atoms. The Kier molecular flexibility index (Phi) is 7.67. The smallest absolute Gasteiger partial charge is 0.387 e. The average Bonchev–Trinajstić information content (AvgIpc) is 3.18. The standard InChI is InChI=1S/C29H27F4N3O3/c1-5-29(32,33)20-10-7-11-21(15-20)35-27(37)25-18(4)34-26(36(25)38)19-12-13-23(39-28(30)31)22(14-19)24-16(2)8-6-9-17(24)3/h6-15,28,34H,5H2,1-4H3,(H,35,37). The van der Waals surface area contributed by atoms with Gasteiger partial charge in [0, 0.05) is 30.2 Å². The minimum absolute atomic E-state index is 0.00000112. The van der Waals surface area contributed by atoms with E-state index in [1.165, 1.54) is 44.2 Å². The number of rotatable bonds is 8. The lowest BCUT2D eigenvalue weighted by Gasteiger charge is -2.16. The van der Waals surface area contributed by atoms with Gasteiger partial charge in [0.05, 0.1) is 5.56 Å². The first kappa shape index (κ1) is 27.7. The topological polar surface area (TPSA) is 81.1 Å². The lowest BCUT2D eigenvalue weighted by atomic mass is 9.93. The number of aromatic nitrogens is 2. The number of aromatic amines is 1. The number of ether oxygens (including phenoxy) is 1. The van der Waals surface area contributed by atoms with Crippen LogP contribution in [0.2, 0.25) is 0 Å². The number of nitrogens with zero attached hydrogens (tertiary/aromatic N) is 1. The average molecular weight is 542 g/mol. The van der Waals surface area contributed by atoms with E-state index in [4.69, 9.17) is 4.74 Å². The van der Waals surface area contributed by atoms with Gasteiger partial charge in [-0.1, -0.05) is 37.3 Å². The molecular weight excluding hydrogens is 514 g/mol. The van der Waals surface area contributed by atoms with Crippen molar-refractivity contribution in [2.45, 2.75) is 46.6 Å². The minimum Gasteiger partial charge on any atom is -0.710 e. The Labute approximate surface area is 222 Å². The molecule has 6 nitrogen and oxygen atoms in total. The van der Waals surface area contributed by atoms with Crippen molar-refractivity contribution in [3.05, 3.63) is 93.9 Å². The minimum atomic E-state index is -3.07. The van der Waals surface area contributed by atoms with Gasteiger partial charge in [-0.05, 0) is 60.9 Å². The van der Waals surface area contributed by atoms with Crippen LogP contribution in [0.1, 0.15) is 46.2 Å². The molecule has 0 atom stereocenters. The van der Waals surface area contributed by atoms with Crippen LogP contribution in [0, 0.1) is 26.0 Å². The fraction of sp³-hybridized carbons (Fsp3) is 0.241. The number of halogens is 4. The third-order valence-corrected chi connectivity index (χ3v) is 6.49. The van der Waals surface area contributed by atoms with Gasteiger partial charge in [0.2, 0.25) is 5.69 Å². The van der Waals surface area contributed by atoms with Gasteiger partial charge in [-0.2, -0.15) is 8.78 Å². The monoisotopic (exact) mass is 541 g/mol. The molecule has 1 aromatic heterocycles. The number of hydrogen-bond acceptors (Lipinski definition) is 3. The third-order valence-electron chi connectivity index (χ3n) is 6.49. The van der Waals surface area contributed by atoms with Gasteiger partial charge in [-0.3, -0.25) is 4.79 Å². The molecule has 0 aliphatic heterocycles. The second-order valence-corrected chi connectivity index (χ2v) is 9.19. The van der Waals surface area contributed by atoms with E-state index in [0.717, 1.165) is 17.2 Å². The van der Waals surface area contributed by atoms with E-state index in [0.29, 0.717) is 21.4 Å². The van der Waals surface area contributed by atoms with Crippen LogP contribution in [0.5, 0.6) is 5.75 Å². The van der Waals surface area contributed by atoms with Crippen molar-refractivity contribution in [1.82, 2.24) is 4.98 Å². The highest BCUT2D eigenvalue weighted by Crippen LogP contribution is 2.38. The van der Waals surface area contributed by atoms with Crippen LogP contribution in [0.3, 0.4) is 0 Å². The highest BCUT2D eigenvalue weighted by atomic mass is 19.3. The molecule has 10 heteroatoms. The predicted octanol–water partition coefficient (Wildman–Crippen LogP) is 7.26. The molecule has 39 heavy (non-hydrogen) atoms. The van der Waals surface area contributed by atoms with E-state index in [1.807, 2.05) is 32.0 Å². The second-order valence-electron chi connectivity index (χ2n) is 9.19. The molecule has 2 N–H and O–H groups in total. The summed E-state index contributed by atoms with van der Waals surface area (Å²) in [4.78, 5) is 15.9. The number of benzene rings is 3. The predicted molar refractivity (Wildman–Crippen MR) is 140 cm³/mol. The molecule has 0 saturated heterocycles. The number of imidazole rings is 1. The molecule has 4 aromatic rings. The van der Waals surface area contributed by atoms with Crippen molar-refractivity contribution in [3.63, 3.8) is 0 Å². The summed E-state index contributed by atoms with van der Waals surface area (Å²) in [6, 6.07) is 15.1. The van der Waals surface area contributed by atoms with E-state index in [-0.39, 0.29) is 34.2 Å². The number of carbonyl (C=O) groups excluding carboxylic acids is 1. The number of aryl methyl sites for hydroxylation is 3. The summed E-state index contributed by atoms with van der Waals surface area (Å²) in [5.74, 6) is -3.92. The van der Waals surface area contributed by atoms with Crippen LogP contribution >= 0.6 is 0 Å². The van der Waals surface area contributed by atoms with Gasteiger partial charge in [0.25, 0.3) is 17.7 Å². The van der Waals surface area contributed by atoms with Gasteiger partial charge in [0.15, 0.2) is 5.69 Å². The van der Waals surface area contributed by atoms with Crippen molar-refractivity contribution in [3.8, 4) is 28.3 Å². The van der Waals surface area contributed by atoms with Crippen molar-refractivity contribution in [1.29, 1.82) is 0 Å². The quantitative estimate of drug-likeness (QED) is 0.140. The van der Waals surface area contributed by atoms with E-state index < -0.39 is 24.9 Å². The number of nitrogens with one attached hydrogen (secondary N) is 2. The maximum Gasteiger partial charge on any atom is 0.387 e. The zero-order valence-corrected chi connectivity index (χ0v) is 21.7. The molecule has 0 saturated carbocycles. The third kappa shape index (κ3) is 5.59. The lowest BCUT2D eigenvalue weighted by molar-refractivity contribution is -0.594. The summed E-state index contributed by atoms with van der Waals surface area (Å²) in [5, 5.41) is 15.8. The first-order valence-electron chi connectivity index (χ1n) is 12.2. The number of alkyl halides is 4. The van der Waals surface area contributed by atoms with Crippen molar-refractivity contribution in [2.75, 3.05) is 5.32 Å². The maximum absolute atomic E-state index is 14.1. The molecule has 0 spiro atoms. The van der Waals surface area contributed by atoms with Gasteiger partial charge >= 0.3 is 6.61 Å². The first-order valence-corrected chi connectivity index (χ1v) is 12.2. The Morgan fingerprint density at radius 1 is 1.05 bits per heavy atom. The molecule has 0 unspecified atom stereocenters. The Balaban J connectivity index is 1.74. The highest BCUT2D eigenvalue weighted by molar-refractivity contribution is 6.02. The van der Waals surface area contributed by atoms with Gasteiger partial charge in [-0.25, -0.2) is 18.5 Å². The Hall–Kier alpha value is -4.34. The van der Waals surface area contributed by atoms with Crippen LogP contribution in [-0.2, 0) is 5.92 Å². The number of H-pyrrole nitrogens is 1. The van der Waals surface area contributed by atoms with Crippen LogP contribution in [0.4, 0.5) is 23.2 Å². The lowest BCUT2D eigenvalue weighted by Crippen LogP contribution is -2.36. The van der Waals surface area contributed by atoms with Crippen LogP contribution in [0.25, 0.3) is 22.5 Å². The largest absolute Gasteiger partial charge is 0.710 e. The zero-order chi connectivity index (χ0) is 28.5. The summed E-state index contributed by atoms with van der Waals surface area (Å²) < 4.78 is 59.7. The number of carbonyl (C=O) groups is 1. The maximum atomic E-state index is 14.1. The molecule has 0 radical (unpaired) electrons. The fourth-order valence-corrected chi connectivity index (χ4v) is 4.53. The number of anilines is 1. The van der Waals surface area contributed by atoms with E-state index >= 15 is 0 Å². The Morgan fingerprint density at radius 3 is 2.36 bits per heavy atom. The van der Waals surface area contributed by atoms with Gasteiger partial charge in [-0.15, -0.1) is 0 Å². The normalized spacial score (nSPS) is 11.6. The molecule has 0 aliphatic carbocycles. The Morgan fingerprint density at radius 2 is 1.72 bits per heavy atom. The molecule has 3 aromatic carbocycles. The van der Waals surface area contributed by atoms with Crippen LogP contribution in [-0.4, -0.2) is 17.5 Å². The number of hydrogen-bond donors (Lipinski definition) is 2. The molecule has 4 rings (SSSR count). The van der Waals surface area contributed by atoms with Crippen molar-refractivity contribution < 1.29 is 31.8 Å². The highest BCUT2D eigenvalue weighted by Gasteiger charge is 2.30. The zero-order valence-electron chi connectivity index (χ0n) is 21.7. The molecule has 1 amide bonds. The SMILES string of the molecule is CCC(F)(F)c1cccc(NC(=O)c2c(C)[nH]c(-c3ccc(OC(F)F)c(-c4c(C)cccc4C)c3)[n+]2[O-])c1. The second kappa shape index (κ2) is 10.8. The van der Waals surface area contributed by atoms with Crippen molar-refractivity contribution in [2.24, 2.45) is 0 Å². The Bertz CT molecular complexity index is 1510. The molecule has 1 heterocycles. The van der Waals surface area contributed by atoms with Crippen LogP contribution < -0.4 is 14.8 Å². The van der Waals surface area contributed by atoms with E-state index in [2.05, 4.69) is 10.3 Å². The molecular formula is C29H27F4N3O3. The number of amides is 1. The van der Waals surface area contributed by atoms with Crippen molar-refractivity contribution >= 4 is 11.6 Å². The molecule has 204 valence electrons. The van der Waals surface area contributed by atoms with E-state index in [1.54, 1.807) is 6.07 Å². The summed E-state index contributed by atoms with van der Waals surface area (Å²) >= 11 is 0. The van der Waals surface area contributed by atoms with Gasteiger partial charge < -0.3 is 15.3 Å². The first-order chi connectivity index (χ1) is 18.4. The molecule has 0 fully saturated rings. The molecule has 0 aliphatic rings. The van der Waals surface area contributed by atoms with Gasteiger partial charge in [0.1, 0.15) is 5.75 Å². The summed E-state index contributed by atoms with van der Waals surface area (Å²) in [7, 11) is 0. The summed E-state index contributed by atoms with van der Waals surface area (Å²) in [6.45, 7) is 3.49. The summed E-state index contributed by atoms with van der Waals surface area (Å²) in [5.41, 5.74) is 2.82. The van der Waals surface area contributed by atoms with E-state index in [9.17, 15) is 27.6 Å². The summed E-state index contributed by atoms with van der Waals surface area (Å²) in [6.07, 6.45) is -0.406. The van der Waals surface area contributed by atoms with Crippen LogP contribution in [0.15, 0.2) is 60.7 Å². The fourth-order valence-electron chi connectivity index (χ4n) is 4.53.